The summed E-state index contributed by atoms with van der Waals surface area (Å²) in [6, 6.07) is 9.45. The Morgan fingerprint density at radius 3 is 2.24 bits per heavy atom. The first-order valence-electron chi connectivity index (χ1n) is 11.3. The average molecular weight is 475 g/mol. The molecule has 0 unspecified atom stereocenters. The number of hydrogen-bond donors (Lipinski definition) is 5. The second-order valence-electron chi connectivity index (χ2n) is 9.70. The molecule has 6 N–H and O–H groups in total. The van der Waals surface area contributed by atoms with E-state index in [2.05, 4.69) is 10.7 Å². The Kier molecular flexibility index (Phi) is 11.1. The smallest absolute Gasteiger partial charge is 0.247 e. The zero-order chi connectivity index (χ0) is 25.9. The van der Waals surface area contributed by atoms with Crippen LogP contribution < -0.4 is 22.1 Å². The molecule has 0 heterocycles. The van der Waals surface area contributed by atoms with Gasteiger partial charge >= 0.3 is 0 Å². The number of rotatable bonds is 13. The number of hydrazine groups is 1. The molecule has 9 heteroatoms. The molecule has 0 saturated carbocycles. The summed E-state index contributed by atoms with van der Waals surface area (Å²) in [5, 5.41) is 12.0. The highest BCUT2D eigenvalue weighted by atomic mass is 16.5. The number of Topliss-reactive ketones (excluding diaryl/α,β-unsaturated/α-hetero) is 1. The monoisotopic (exact) mass is 474 g/mol. The Hall–Kier alpha value is -3.04. The minimum atomic E-state index is -1.41. The third kappa shape index (κ3) is 8.07. The molecule has 0 bridgehead atoms. The van der Waals surface area contributed by atoms with Gasteiger partial charge in [0.15, 0.2) is 5.78 Å². The number of hydroxylamine groups is 1. The van der Waals surface area contributed by atoms with E-state index in [4.69, 9.17) is 5.84 Å². The Morgan fingerprint density at radius 2 is 1.74 bits per heavy atom. The van der Waals surface area contributed by atoms with Gasteiger partial charge in [-0.05, 0) is 30.7 Å². The van der Waals surface area contributed by atoms with E-state index in [1.807, 2.05) is 50.3 Å². The van der Waals surface area contributed by atoms with Crippen LogP contribution in [0.1, 0.15) is 59.4 Å². The van der Waals surface area contributed by atoms with E-state index >= 15 is 0 Å². The summed E-state index contributed by atoms with van der Waals surface area (Å²) >= 11 is 0. The van der Waals surface area contributed by atoms with Gasteiger partial charge in [0, 0.05) is 12.3 Å². The summed E-state index contributed by atoms with van der Waals surface area (Å²) < 4.78 is 0. The highest BCUT2D eigenvalue weighted by molar-refractivity contribution is 5.93. The number of amides is 3. The number of ketones is 1. The fourth-order valence-electron chi connectivity index (χ4n) is 4.44. The fraction of sp³-hybridized carbons (Fsp3) is 0.520. The third-order valence-corrected chi connectivity index (χ3v) is 5.94. The van der Waals surface area contributed by atoms with Crippen molar-refractivity contribution in [3.63, 3.8) is 0 Å². The maximum Gasteiger partial charge on any atom is 0.247 e. The van der Waals surface area contributed by atoms with Gasteiger partial charge in [-0.25, -0.2) is 11.3 Å². The van der Waals surface area contributed by atoms with Crippen LogP contribution >= 0.6 is 0 Å². The van der Waals surface area contributed by atoms with E-state index in [0.29, 0.717) is 0 Å². The van der Waals surface area contributed by atoms with E-state index < -0.39 is 28.6 Å². The lowest BCUT2D eigenvalue weighted by Crippen LogP contribution is -2.55. The maximum atomic E-state index is 13.3. The summed E-state index contributed by atoms with van der Waals surface area (Å²) in [4.78, 5) is 50.5. The lowest BCUT2D eigenvalue weighted by molar-refractivity contribution is -0.152. The standard InChI is InChI=1S/C25H38N4O5/c1-17(2)14-25(23(33)28-26,16-24(4,5)21(31)15-27-18(3)30)20(22(32)29-34)13-9-12-19-10-7-6-8-11-19/h6-12,17,20,34H,13-16,26H2,1-5H3,(H,27,30)(H,28,33)(H,29,32)/b12-9+/t20-,25-/m1/s1. The van der Waals surface area contributed by atoms with Gasteiger partial charge in [-0.15, -0.1) is 0 Å². The van der Waals surface area contributed by atoms with Crippen molar-refractivity contribution < 1.29 is 24.4 Å². The molecule has 34 heavy (non-hydrogen) atoms. The first kappa shape index (κ1) is 29.0. The Labute approximate surface area is 201 Å². The lowest BCUT2D eigenvalue weighted by atomic mass is 9.60. The van der Waals surface area contributed by atoms with Crippen LogP contribution in [-0.4, -0.2) is 35.3 Å². The van der Waals surface area contributed by atoms with Crippen molar-refractivity contribution in [1.82, 2.24) is 16.2 Å². The van der Waals surface area contributed by atoms with Gasteiger partial charge in [-0.1, -0.05) is 70.2 Å². The van der Waals surface area contributed by atoms with Crippen LogP contribution in [0, 0.1) is 22.7 Å². The maximum absolute atomic E-state index is 13.3. The zero-order valence-electron chi connectivity index (χ0n) is 20.7. The van der Waals surface area contributed by atoms with Crippen molar-refractivity contribution in [2.75, 3.05) is 6.54 Å². The van der Waals surface area contributed by atoms with Gasteiger partial charge in [-0.2, -0.15) is 0 Å². The van der Waals surface area contributed by atoms with Crippen LogP contribution in [0.4, 0.5) is 0 Å². The topological polar surface area (TPSA) is 151 Å². The molecule has 1 aromatic carbocycles. The molecule has 1 rings (SSSR count). The molecule has 0 aliphatic carbocycles. The molecule has 0 aliphatic rings. The molecule has 9 nitrogen and oxygen atoms in total. The van der Waals surface area contributed by atoms with Gasteiger partial charge in [0.1, 0.15) is 0 Å². The minimum Gasteiger partial charge on any atom is -0.349 e. The molecule has 0 radical (unpaired) electrons. The van der Waals surface area contributed by atoms with Gasteiger partial charge in [-0.3, -0.25) is 29.8 Å². The molecule has 188 valence electrons. The molecule has 0 saturated heterocycles. The molecular weight excluding hydrogens is 436 g/mol. The molecule has 0 aromatic heterocycles. The molecule has 0 aliphatic heterocycles. The molecule has 3 amide bonds. The van der Waals surface area contributed by atoms with E-state index in [0.717, 1.165) is 5.56 Å². The lowest BCUT2D eigenvalue weighted by Gasteiger charge is -2.43. The summed E-state index contributed by atoms with van der Waals surface area (Å²) in [6.45, 7) is 8.26. The minimum absolute atomic E-state index is 0.0170. The number of carbonyl (C=O) groups excluding carboxylic acids is 4. The first-order chi connectivity index (χ1) is 15.9. The number of benzene rings is 1. The predicted molar refractivity (Wildman–Crippen MR) is 130 cm³/mol. The normalized spacial score (nSPS) is 14.4. The predicted octanol–water partition coefficient (Wildman–Crippen LogP) is 2.36. The van der Waals surface area contributed by atoms with Gasteiger partial charge < -0.3 is 5.32 Å². The summed E-state index contributed by atoms with van der Waals surface area (Å²) in [5.41, 5.74) is 2.29. The quantitative estimate of drug-likeness (QED) is 0.128. The van der Waals surface area contributed by atoms with E-state index in [9.17, 15) is 24.4 Å². The number of hydrogen-bond acceptors (Lipinski definition) is 6. The Bertz CT molecular complexity index is 883. The second-order valence-corrected chi connectivity index (χ2v) is 9.70. The summed E-state index contributed by atoms with van der Waals surface area (Å²) in [7, 11) is 0. The number of carbonyl (C=O) groups is 4. The van der Waals surface area contributed by atoms with Crippen LogP contribution in [0.2, 0.25) is 0 Å². The second kappa shape index (κ2) is 13.0. The van der Waals surface area contributed by atoms with Crippen LogP contribution in [0.5, 0.6) is 0 Å². The van der Waals surface area contributed by atoms with E-state index in [1.54, 1.807) is 25.4 Å². The van der Waals surface area contributed by atoms with Crippen molar-refractivity contribution >= 4 is 29.6 Å². The SMILES string of the molecule is CC(=O)NCC(=O)C(C)(C)C[C@@](CC(C)C)(C(=O)NN)[C@H](C/C=C/c1ccccc1)C(=O)NO. The Balaban J connectivity index is 3.49. The van der Waals surface area contributed by atoms with Gasteiger partial charge in [0.05, 0.1) is 17.9 Å². The molecule has 1 aromatic rings. The van der Waals surface area contributed by atoms with Gasteiger partial charge in [0.2, 0.25) is 17.7 Å². The highest BCUT2D eigenvalue weighted by Crippen LogP contribution is 2.47. The van der Waals surface area contributed by atoms with Crippen LogP contribution in [0.3, 0.4) is 0 Å². The van der Waals surface area contributed by atoms with Crippen molar-refractivity contribution in [3.05, 3.63) is 42.0 Å². The van der Waals surface area contributed by atoms with Crippen LogP contribution in [0.25, 0.3) is 6.08 Å². The van der Waals surface area contributed by atoms with Crippen molar-refractivity contribution in [2.24, 2.45) is 28.5 Å². The zero-order valence-corrected chi connectivity index (χ0v) is 20.7. The molecular formula is C25H38N4O5. The fourth-order valence-corrected chi connectivity index (χ4v) is 4.44. The third-order valence-electron chi connectivity index (χ3n) is 5.94. The molecule has 0 spiro atoms. The average Bonchev–Trinajstić information content (AvgIpc) is 2.78. The largest absolute Gasteiger partial charge is 0.349 e. The highest BCUT2D eigenvalue weighted by Gasteiger charge is 2.52. The number of allylic oxidation sites excluding steroid dienone is 1. The van der Waals surface area contributed by atoms with Crippen molar-refractivity contribution in [2.45, 2.75) is 53.9 Å². The van der Waals surface area contributed by atoms with Crippen LogP contribution in [-0.2, 0) is 19.2 Å². The van der Waals surface area contributed by atoms with Crippen molar-refractivity contribution in [3.8, 4) is 0 Å². The summed E-state index contributed by atoms with van der Waals surface area (Å²) in [6.07, 6.45) is 3.93. The van der Waals surface area contributed by atoms with E-state index in [-0.39, 0.29) is 43.4 Å². The number of nitrogens with one attached hydrogen (secondary N) is 3. The first-order valence-corrected chi connectivity index (χ1v) is 11.3. The Morgan fingerprint density at radius 1 is 1.12 bits per heavy atom. The van der Waals surface area contributed by atoms with Gasteiger partial charge in [0.25, 0.3) is 0 Å². The summed E-state index contributed by atoms with van der Waals surface area (Å²) in [5.74, 6) is 2.55. The number of nitrogens with two attached hydrogens (primary N) is 1. The molecule has 0 fully saturated rings. The van der Waals surface area contributed by atoms with Crippen molar-refractivity contribution in [1.29, 1.82) is 0 Å². The van der Waals surface area contributed by atoms with Crippen LogP contribution in [0.15, 0.2) is 36.4 Å². The van der Waals surface area contributed by atoms with E-state index in [1.165, 1.54) is 6.92 Å². The molecule has 2 atom stereocenters.